The summed E-state index contributed by atoms with van der Waals surface area (Å²) in [5.41, 5.74) is 6.69. The molecular formula is C21H19BrN4O5. The number of amides is 4. The van der Waals surface area contributed by atoms with Crippen molar-refractivity contribution < 1.29 is 23.9 Å². The van der Waals surface area contributed by atoms with E-state index in [0.29, 0.717) is 15.7 Å². The van der Waals surface area contributed by atoms with Crippen molar-refractivity contribution in [1.29, 1.82) is 5.26 Å². The number of nitriles is 1. The summed E-state index contributed by atoms with van der Waals surface area (Å²) in [7, 11) is 1.40. The molecule has 160 valence electrons. The van der Waals surface area contributed by atoms with Crippen LogP contribution in [0.5, 0.6) is 11.5 Å². The van der Waals surface area contributed by atoms with Crippen LogP contribution in [0.15, 0.2) is 46.4 Å². The molecule has 0 bridgehead atoms. The van der Waals surface area contributed by atoms with Gasteiger partial charge < -0.3 is 20.5 Å². The highest BCUT2D eigenvalue weighted by Gasteiger charge is 2.15. The van der Waals surface area contributed by atoms with Gasteiger partial charge >= 0.3 is 6.03 Å². The van der Waals surface area contributed by atoms with Gasteiger partial charge in [0.2, 0.25) is 0 Å². The Labute approximate surface area is 186 Å². The van der Waals surface area contributed by atoms with Crippen molar-refractivity contribution in [3.63, 3.8) is 0 Å². The average molecular weight is 487 g/mol. The summed E-state index contributed by atoms with van der Waals surface area (Å²) < 4.78 is 11.3. The molecule has 0 aliphatic rings. The Morgan fingerprint density at radius 2 is 1.87 bits per heavy atom. The standard InChI is InChI=1S/C21H19BrN4O5/c1-12-3-5-15(6-4-12)25-19(27)11-31-18-9-16(22)13(8-17(18)30-2)7-14(10-23)20(28)26-21(24)29/h3-9H,11H2,1-2H3,(H,25,27)(H3,24,26,28,29)/b14-7-. The minimum absolute atomic E-state index is 0.268. The topological polar surface area (TPSA) is 144 Å². The van der Waals surface area contributed by atoms with E-state index in [4.69, 9.17) is 15.2 Å². The quantitative estimate of drug-likeness (QED) is 0.405. The molecule has 0 aromatic heterocycles. The molecule has 10 heteroatoms. The fourth-order valence-corrected chi connectivity index (χ4v) is 2.83. The molecule has 2 aromatic carbocycles. The van der Waals surface area contributed by atoms with E-state index in [0.717, 1.165) is 5.56 Å². The number of halogens is 1. The van der Waals surface area contributed by atoms with Crippen LogP contribution in [0.1, 0.15) is 11.1 Å². The third-order valence-electron chi connectivity index (χ3n) is 3.88. The van der Waals surface area contributed by atoms with Gasteiger partial charge in [0.15, 0.2) is 18.1 Å². The number of hydrogen-bond acceptors (Lipinski definition) is 6. The first kappa shape index (κ1) is 23.4. The number of imide groups is 1. The predicted molar refractivity (Wildman–Crippen MR) is 117 cm³/mol. The second kappa shape index (κ2) is 10.8. The zero-order chi connectivity index (χ0) is 23.0. The second-order valence-corrected chi connectivity index (χ2v) is 7.07. The Balaban J connectivity index is 2.16. The van der Waals surface area contributed by atoms with E-state index in [1.54, 1.807) is 18.2 Å². The smallest absolute Gasteiger partial charge is 0.319 e. The molecule has 0 radical (unpaired) electrons. The van der Waals surface area contributed by atoms with E-state index in [9.17, 15) is 19.6 Å². The summed E-state index contributed by atoms with van der Waals surface area (Å²) in [5.74, 6) is -0.759. The second-order valence-electron chi connectivity index (χ2n) is 6.22. The van der Waals surface area contributed by atoms with Crippen molar-refractivity contribution in [2.75, 3.05) is 19.0 Å². The number of nitrogens with two attached hydrogens (primary N) is 1. The molecule has 0 fully saturated rings. The first-order chi connectivity index (χ1) is 14.7. The van der Waals surface area contributed by atoms with E-state index < -0.39 is 11.9 Å². The number of aryl methyl sites for hydroxylation is 1. The zero-order valence-corrected chi connectivity index (χ0v) is 18.3. The highest BCUT2D eigenvalue weighted by atomic mass is 79.9. The summed E-state index contributed by atoms with van der Waals surface area (Å²) in [6.07, 6.45) is 1.25. The van der Waals surface area contributed by atoms with Gasteiger partial charge in [-0.1, -0.05) is 33.6 Å². The van der Waals surface area contributed by atoms with E-state index in [-0.39, 0.29) is 29.6 Å². The molecule has 2 aromatic rings. The number of carbonyl (C=O) groups excluding carboxylic acids is 3. The van der Waals surface area contributed by atoms with E-state index in [1.807, 2.05) is 24.4 Å². The maximum atomic E-state index is 12.2. The normalized spacial score (nSPS) is 10.6. The summed E-state index contributed by atoms with van der Waals surface area (Å²) >= 11 is 3.32. The van der Waals surface area contributed by atoms with Crippen molar-refractivity contribution in [3.8, 4) is 17.6 Å². The van der Waals surface area contributed by atoms with Crippen molar-refractivity contribution in [2.24, 2.45) is 5.73 Å². The van der Waals surface area contributed by atoms with Crippen molar-refractivity contribution in [1.82, 2.24) is 5.32 Å². The van der Waals surface area contributed by atoms with Crippen LogP contribution in [0.2, 0.25) is 0 Å². The van der Waals surface area contributed by atoms with Gasteiger partial charge in [-0.2, -0.15) is 5.26 Å². The Hall–Kier alpha value is -3.84. The number of urea groups is 1. The minimum atomic E-state index is -1.07. The first-order valence-electron chi connectivity index (χ1n) is 8.83. The molecule has 4 N–H and O–H groups in total. The summed E-state index contributed by atoms with van der Waals surface area (Å²) in [6.45, 7) is 1.68. The maximum absolute atomic E-state index is 12.2. The van der Waals surface area contributed by atoms with Crippen molar-refractivity contribution in [3.05, 3.63) is 57.6 Å². The van der Waals surface area contributed by atoms with Gasteiger partial charge in [0.05, 0.1) is 7.11 Å². The van der Waals surface area contributed by atoms with Crippen molar-refractivity contribution in [2.45, 2.75) is 6.92 Å². The summed E-state index contributed by atoms with van der Waals surface area (Å²) in [6, 6.07) is 11.0. The number of benzene rings is 2. The first-order valence-corrected chi connectivity index (χ1v) is 9.62. The lowest BCUT2D eigenvalue weighted by Crippen LogP contribution is -2.35. The van der Waals surface area contributed by atoms with E-state index in [2.05, 4.69) is 21.2 Å². The van der Waals surface area contributed by atoms with Crippen LogP contribution >= 0.6 is 15.9 Å². The number of methoxy groups -OCH3 is 1. The molecule has 0 saturated heterocycles. The van der Waals surface area contributed by atoms with Gasteiger partial charge in [-0.25, -0.2) is 4.79 Å². The number of anilines is 1. The number of ether oxygens (including phenoxy) is 2. The van der Waals surface area contributed by atoms with Crippen LogP contribution in [0.3, 0.4) is 0 Å². The van der Waals surface area contributed by atoms with E-state index in [1.165, 1.54) is 25.3 Å². The van der Waals surface area contributed by atoms with Crippen LogP contribution in [-0.4, -0.2) is 31.6 Å². The van der Waals surface area contributed by atoms with Gasteiger partial charge in [-0.3, -0.25) is 14.9 Å². The average Bonchev–Trinajstić information content (AvgIpc) is 2.72. The molecule has 31 heavy (non-hydrogen) atoms. The van der Waals surface area contributed by atoms with Gasteiger partial charge in [-0.05, 0) is 42.8 Å². The number of hydrogen-bond donors (Lipinski definition) is 3. The molecule has 0 spiro atoms. The Bertz CT molecular complexity index is 1070. The molecule has 0 unspecified atom stereocenters. The van der Waals surface area contributed by atoms with Crippen LogP contribution in [0.25, 0.3) is 6.08 Å². The van der Waals surface area contributed by atoms with Gasteiger partial charge in [-0.15, -0.1) is 0 Å². The van der Waals surface area contributed by atoms with E-state index >= 15 is 0 Å². The molecular weight excluding hydrogens is 468 g/mol. The number of nitrogens with zero attached hydrogens (tertiary/aromatic N) is 1. The Kier molecular flexibility index (Phi) is 8.16. The lowest BCUT2D eigenvalue weighted by atomic mass is 10.1. The van der Waals surface area contributed by atoms with Crippen LogP contribution in [-0.2, 0) is 9.59 Å². The van der Waals surface area contributed by atoms with Crippen LogP contribution in [0.4, 0.5) is 10.5 Å². The number of carbonyl (C=O) groups is 3. The predicted octanol–water partition coefficient (Wildman–Crippen LogP) is 2.89. The Morgan fingerprint density at radius 1 is 1.19 bits per heavy atom. The molecule has 0 atom stereocenters. The lowest BCUT2D eigenvalue weighted by molar-refractivity contribution is -0.118. The zero-order valence-electron chi connectivity index (χ0n) is 16.7. The third kappa shape index (κ3) is 6.87. The maximum Gasteiger partial charge on any atom is 0.319 e. The fourth-order valence-electron chi connectivity index (χ4n) is 2.39. The molecule has 4 amide bonds. The lowest BCUT2D eigenvalue weighted by Gasteiger charge is -2.13. The van der Waals surface area contributed by atoms with Gasteiger partial charge in [0.25, 0.3) is 11.8 Å². The molecule has 2 rings (SSSR count). The summed E-state index contributed by atoms with van der Waals surface area (Å²) in [5, 5.41) is 13.7. The molecule has 9 nitrogen and oxygen atoms in total. The van der Waals surface area contributed by atoms with Gasteiger partial charge in [0.1, 0.15) is 11.6 Å². The fraction of sp³-hybridized carbons (Fsp3) is 0.143. The number of primary amides is 1. The van der Waals surface area contributed by atoms with Gasteiger partial charge in [0, 0.05) is 10.2 Å². The minimum Gasteiger partial charge on any atom is -0.493 e. The highest BCUT2D eigenvalue weighted by molar-refractivity contribution is 9.10. The largest absolute Gasteiger partial charge is 0.493 e. The number of nitrogens with one attached hydrogen (secondary N) is 2. The monoisotopic (exact) mass is 486 g/mol. The van der Waals surface area contributed by atoms with Crippen molar-refractivity contribution >= 4 is 45.5 Å². The summed E-state index contributed by atoms with van der Waals surface area (Å²) in [4.78, 5) is 34.8. The Morgan fingerprint density at radius 3 is 2.45 bits per heavy atom. The molecule has 0 heterocycles. The third-order valence-corrected chi connectivity index (χ3v) is 4.57. The highest BCUT2D eigenvalue weighted by Crippen LogP contribution is 2.34. The van der Waals surface area contributed by atoms with Crippen LogP contribution in [0, 0.1) is 18.3 Å². The SMILES string of the molecule is COc1cc(/C=C(/C#N)C(=O)NC(N)=O)c(Br)cc1OCC(=O)Nc1ccc(C)cc1. The van der Waals surface area contributed by atoms with Crippen LogP contribution < -0.4 is 25.8 Å². The molecule has 0 aliphatic heterocycles. The molecule has 0 aliphatic carbocycles. The number of rotatable bonds is 7. The molecule has 0 saturated carbocycles.